The quantitative estimate of drug-likeness (QED) is 0.207. The van der Waals surface area contributed by atoms with Gasteiger partial charge < -0.3 is 14.0 Å². The molecule has 2 aromatic heterocycles. The van der Waals surface area contributed by atoms with Gasteiger partial charge in [-0.2, -0.15) is 0 Å². The van der Waals surface area contributed by atoms with Crippen LogP contribution >= 0.6 is 0 Å². The third kappa shape index (κ3) is 4.21. The predicted octanol–water partition coefficient (Wildman–Crippen LogP) is 10.8. The molecule has 0 amide bonds. The molecule has 8 aromatic rings. The molecule has 3 nitrogen and oxygen atoms in total. The summed E-state index contributed by atoms with van der Waals surface area (Å²) < 4.78 is 4.72. The summed E-state index contributed by atoms with van der Waals surface area (Å²) in [5, 5.41) is 3.77. The minimum atomic E-state index is 1.12. The summed E-state index contributed by atoms with van der Waals surface area (Å²) in [5.41, 5.74) is 11.8. The minimum absolute atomic E-state index is 1.12. The Balaban J connectivity index is 1.32. The largest absolute Gasteiger partial charge is 0.316 e. The summed E-state index contributed by atoms with van der Waals surface area (Å²) in [7, 11) is 0. The van der Waals surface area contributed by atoms with E-state index in [9.17, 15) is 0 Å². The lowest BCUT2D eigenvalue weighted by Gasteiger charge is -2.26. The van der Waals surface area contributed by atoms with Gasteiger partial charge in [0.15, 0.2) is 0 Å². The number of aryl methyl sites for hydroxylation is 2. The van der Waals surface area contributed by atoms with E-state index in [0.29, 0.717) is 0 Å². The molecule has 0 aliphatic rings. The molecule has 0 unspecified atom stereocenters. The van der Waals surface area contributed by atoms with Crippen molar-refractivity contribution in [2.45, 2.75) is 13.8 Å². The number of aromatic nitrogens is 2. The zero-order valence-electron chi connectivity index (χ0n) is 24.3. The molecule has 0 N–H and O–H groups in total. The van der Waals surface area contributed by atoms with E-state index >= 15 is 0 Å². The maximum atomic E-state index is 2.41. The van der Waals surface area contributed by atoms with Crippen LogP contribution in [0.3, 0.4) is 0 Å². The number of hydrogen-bond donors (Lipinski definition) is 0. The molecule has 2 heterocycles. The molecule has 3 heteroatoms. The molecular formula is C40H31N3. The van der Waals surface area contributed by atoms with Gasteiger partial charge in [-0.1, -0.05) is 83.9 Å². The molecule has 43 heavy (non-hydrogen) atoms. The Bertz CT molecular complexity index is 2190. The highest BCUT2D eigenvalue weighted by atomic mass is 15.1. The lowest BCUT2D eigenvalue weighted by atomic mass is 10.1. The molecule has 0 atom stereocenters. The van der Waals surface area contributed by atoms with E-state index in [0.717, 1.165) is 22.7 Å². The van der Waals surface area contributed by atoms with Crippen molar-refractivity contribution in [2.24, 2.45) is 0 Å². The second kappa shape index (κ2) is 10.1. The number of para-hydroxylation sites is 2. The second-order valence-electron chi connectivity index (χ2n) is 11.3. The fraction of sp³-hybridized carbons (Fsp3) is 0.0500. The highest BCUT2D eigenvalue weighted by molar-refractivity contribution is 6.18. The van der Waals surface area contributed by atoms with E-state index in [1.807, 2.05) is 0 Å². The number of hydrogen-bond acceptors (Lipinski definition) is 1. The Hall–Kier alpha value is -5.54. The van der Waals surface area contributed by atoms with Crippen LogP contribution in [0.5, 0.6) is 0 Å². The van der Waals surface area contributed by atoms with E-state index < -0.39 is 0 Å². The van der Waals surface area contributed by atoms with Crippen LogP contribution in [0.4, 0.5) is 17.1 Å². The molecule has 0 radical (unpaired) electrons. The molecule has 0 saturated carbocycles. The summed E-state index contributed by atoms with van der Waals surface area (Å²) in [6.07, 6.45) is 2.21. The molecule has 0 aliphatic heterocycles. The molecular weight excluding hydrogens is 522 g/mol. The number of rotatable bonds is 5. The fourth-order valence-electron chi connectivity index (χ4n) is 6.36. The van der Waals surface area contributed by atoms with Crippen LogP contribution in [0.25, 0.3) is 44.1 Å². The molecule has 206 valence electrons. The number of fused-ring (bicyclic) bond motifs is 5. The van der Waals surface area contributed by atoms with Crippen molar-refractivity contribution in [2.75, 3.05) is 4.90 Å². The first-order valence-electron chi connectivity index (χ1n) is 14.8. The molecule has 0 aliphatic carbocycles. The lowest BCUT2D eigenvalue weighted by Crippen LogP contribution is -2.10. The van der Waals surface area contributed by atoms with Gasteiger partial charge in [-0.05, 0) is 86.6 Å². The van der Waals surface area contributed by atoms with Crippen molar-refractivity contribution in [3.05, 3.63) is 163 Å². The Morgan fingerprint density at radius 3 is 1.81 bits per heavy atom. The van der Waals surface area contributed by atoms with Crippen molar-refractivity contribution >= 4 is 49.8 Å². The van der Waals surface area contributed by atoms with Gasteiger partial charge in [0.05, 0.1) is 16.6 Å². The number of anilines is 3. The molecule has 6 aromatic carbocycles. The van der Waals surface area contributed by atoms with Crippen molar-refractivity contribution in [1.82, 2.24) is 9.13 Å². The van der Waals surface area contributed by atoms with E-state index in [1.54, 1.807) is 0 Å². The van der Waals surface area contributed by atoms with Crippen LogP contribution in [-0.4, -0.2) is 9.13 Å². The summed E-state index contributed by atoms with van der Waals surface area (Å²) in [4.78, 5) is 2.33. The topological polar surface area (TPSA) is 13.1 Å². The standard InChI is InChI=1S/C40H31N3/c1-28-15-19-31(20-16-28)42(32-21-17-29(2)18-22-32)34-12-8-11-33(27-34)41-26-25-37-38(41)24-23-36-35-13-6-7-14-39(35)43(40(36)37)30-9-4-3-5-10-30/h3-27H,1-2H3. The first-order valence-corrected chi connectivity index (χ1v) is 14.8. The normalized spacial score (nSPS) is 11.5. The van der Waals surface area contributed by atoms with Crippen molar-refractivity contribution in [3.8, 4) is 11.4 Å². The summed E-state index contributed by atoms with van der Waals surface area (Å²) >= 11 is 0. The van der Waals surface area contributed by atoms with Gasteiger partial charge in [0.25, 0.3) is 0 Å². The molecule has 0 spiro atoms. The van der Waals surface area contributed by atoms with Crippen LogP contribution < -0.4 is 4.90 Å². The van der Waals surface area contributed by atoms with Crippen LogP contribution in [-0.2, 0) is 0 Å². The highest BCUT2D eigenvalue weighted by Gasteiger charge is 2.18. The average Bonchev–Trinajstić information content (AvgIpc) is 3.63. The molecule has 8 rings (SSSR count). The Labute approximate surface area is 251 Å². The van der Waals surface area contributed by atoms with Crippen LogP contribution in [0.2, 0.25) is 0 Å². The average molecular weight is 554 g/mol. The first kappa shape index (κ1) is 25.2. The summed E-state index contributed by atoms with van der Waals surface area (Å²) in [6, 6.07) is 52.6. The zero-order valence-corrected chi connectivity index (χ0v) is 24.3. The Kier molecular flexibility index (Phi) is 5.90. The van der Waals surface area contributed by atoms with Crippen molar-refractivity contribution in [1.29, 1.82) is 0 Å². The number of benzene rings is 6. The third-order valence-electron chi connectivity index (χ3n) is 8.47. The highest BCUT2D eigenvalue weighted by Crippen LogP contribution is 2.39. The van der Waals surface area contributed by atoms with E-state index in [2.05, 4.69) is 180 Å². The maximum Gasteiger partial charge on any atom is 0.0635 e. The molecule has 0 fully saturated rings. The smallest absolute Gasteiger partial charge is 0.0635 e. The van der Waals surface area contributed by atoms with Crippen LogP contribution in [0, 0.1) is 13.8 Å². The molecule has 0 saturated heterocycles. The SMILES string of the molecule is Cc1ccc(N(c2ccc(C)cc2)c2cccc(-n3ccc4c3ccc3c5ccccc5n(-c5ccccc5)c34)c2)cc1. The lowest BCUT2D eigenvalue weighted by molar-refractivity contribution is 1.12. The van der Waals surface area contributed by atoms with Gasteiger partial charge in [-0.15, -0.1) is 0 Å². The third-order valence-corrected chi connectivity index (χ3v) is 8.47. The van der Waals surface area contributed by atoms with Gasteiger partial charge in [-0.25, -0.2) is 0 Å². The fourth-order valence-corrected chi connectivity index (χ4v) is 6.36. The van der Waals surface area contributed by atoms with Gasteiger partial charge in [0, 0.05) is 50.8 Å². The Morgan fingerprint density at radius 1 is 0.442 bits per heavy atom. The van der Waals surface area contributed by atoms with Crippen molar-refractivity contribution in [3.63, 3.8) is 0 Å². The zero-order chi connectivity index (χ0) is 28.9. The summed E-state index contributed by atoms with van der Waals surface area (Å²) in [5.74, 6) is 0. The van der Waals surface area contributed by atoms with Gasteiger partial charge >= 0.3 is 0 Å². The second-order valence-corrected chi connectivity index (χ2v) is 11.3. The Morgan fingerprint density at radius 2 is 1.09 bits per heavy atom. The summed E-state index contributed by atoms with van der Waals surface area (Å²) in [6.45, 7) is 4.26. The minimum Gasteiger partial charge on any atom is -0.316 e. The van der Waals surface area contributed by atoms with Crippen LogP contribution in [0.1, 0.15) is 11.1 Å². The van der Waals surface area contributed by atoms with Gasteiger partial charge in [0.2, 0.25) is 0 Å². The van der Waals surface area contributed by atoms with Gasteiger partial charge in [-0.3, -0.25) is 0 Å². The van der Waals surface area contributed by atoms with E-state index in [1.165, 1.54) is 49.5 Å². The van der Waals surface area contributed by atoms with Gasteiger partial charge in [0.1, 0.15) is 0 Å². The molecule has 0 bridgehead atoms. The van der Waals surface area contributed by atoms with E-state index in [4.69, 9.17) is 0 Å². The first-order chi connectivity index (χ1) is 21.2. The number of nitrogens with zero attached hydrogens (tertiary/aromatic N) is 3. The monoisotopic (exact) mass is 553 g/mol. The maximum absolute atomic E-state index is 2.41. The predicted molar refractivity (Wildman–Crippen MR) is 182 cm³/mol. The van der Waals surface area contributed by atoms with E-state index in [-0.39, 0.29) is 0 Å². The van der Waals surface area contributed by atoms with Crippen LogP contribution in [0.15, 0.2) is 152 Å². The van der Waals surface area contributed by atoms with Crippen molar-refractivity contribution < 1.29 is 0 Å².